The van der Waals surface area contributed by atoms with Crippen LogP contribution < -0.4 is 10.5 Å². The van der Waals surface area contributed by atoms with Gasteiger partial charge < -0.3 is 10.5 Å². The minimum Gasteiger partial charge on any atom is -0.402 e. The summed E-state index contributed by atoms with van der Waals surface area (Å²) in [6.07, 6.45) is -4.93. The zero-order valence-corrected chi connectivity index (χ0v) is 10.9. The van der Waals surface area contributed by atoms with Crippen LogP contribution in [-0.4, -0.2) is 14.8 Å². The normalized spacial score (nSPS) is 12.5. The van der Waals surface area contributed by atoms with Gasteiger partial charge in [-0.15, -0.1) is 13.2 Å². The Kier molecular flexibility index (Phi) is 3.84. The van der Waals surface area contributed by atoms with Crippen LogP contribution in [0.1, 0.15) is 0 Å². The van der Waals surface area contributed by atoms with Crippen LogP contribution in [0.15, 0.2) is 21.5 Å². The zero-order valence-electron chi connectivity index (χ0n) is 7.75. The quantitative estimate of drug-likeness (QED) is 0.655. The third kappa shape index (κ3) is 3.93. The average molecular weight is 355 g/mol. The lowest BCUT2D eigenvalue weighted by molar-refractivity contribution is -0.274. The van der Waals surface area contributed by atoms with E-state index in [1.807, 2.05) is 0 Å². The van der Waals surface area contributed by atoms with E-state index in [9.17, 15) is 21.6 Å². The number of benzene rings is 1. The van der Waals surface area contributed by atoms with Crippen molar-refractivity contribution in [2.24, 2.45) is 0 Å². The van der Waals surface area contributed by atoms with E-state index in [4.69, 9.17) is 16.4 Å². The highest BCUT2D eigenvalue weighted by atomic mass is 79.9. The number of hydrogen-bond donors (Lipinski definition) is 1. The van der Waals surface area contributed by atoms with Gasteiger partial charge in [0, 0.05) is 10.7 Å². The molecule has 0 aromatic heterocycles. The van der Waals surface area contributed by atoms with Crippen molar-refractivity contribution < 1.29 is 26.3 Å². The summed E-state index contributed by atoms with van der Waals surface area (Å²) in [7, 11) is 0.938. The highest BCUT2D eigenvalue weighted by molar-refractivity contribution is 9.10. The first-order valence-corrected chi connectivity index (χ1v) is 6.90. The molecule has 0 atom stereocenters. The van der Waals surface area contributed by atoms with E-state index < -0.39 is 31.7 Å². The first-order valence-electron chi connectivity index (χ1n) is 3.80. The van der Waals surface area contributed by atoms with Gasteiger partial charge in [-0.2, -0.15) is 0 Å². The number of nitrogens with two attached hydrogens (primary N) is 1. The van der Waals surface area contributed by atoms with Gasteiger partial charge in [-0.05, 0) is 28.1 Å². The van der Waals surface area contributed by atoms with Crippen LogP contribution in [0.25, 0.3) is 0 Å². The summed E-state index contributed by atoms with van der Waals surface area (Å²) >= 11 is 2.71. The van der Waals surface area contributed by atoms with E-state index in [2.05, 4.69) is 20.7 Å². The van der Waals surface area contributed by atoms with Gasteiger partial charge in [0.2, 0.25) is 0 Å². The fraction of sp³-hybridized carbons (Fsp3) is 0.143. The minimum atomic E-state index is -4.93. The Morgan fingerprint density at radius 1 is 1.35 bits per heavy atom. The van der Waals surface area contributed by atoms with Crippen LogP contribution in [0.4, 0.5) is 18.9 Å². The van der Waals surface area contributed by atoms with Crippen molar-refractivity contribution in [1.82, 2.24) is 0 Å². The lowest BCUT2D eigenvalue weighted by atomic mass is 10.3. The Balaban J connectivity index is 3.30. The molecule has 0 saturated carbocycles. The Morgan fingerprint density at radius 2 is 1.88 bits per heavy atom. The molecule has 0 bridgehead atoms. The van der Waals surface area contributed by atoms with E-state index in [0.29, 0.717) is 0 Å². The van der Waals surface area contributed by atoms with Crippen molar-refractivity contribution >= 4 is 41.4 Å². The van der Waals surface area contributed by atoms with E-state index in [-0.39, 0.29) is 4.47 Å². The van der Waals surface area contributed by atoms with Crippen LogP contribution >= 0.6 is 26.6 Å². The molecule has 96 valence electrons. The Morgan fingerprint density at radius 3 is 2.24 bits per heavy atom. The molecule has 0 spiro atoms. The number of anilines is 1. The third-order valence-electron chi connectivity index (χ3n) is 1.55. The summed E-state index contributed by atoms with van der Waals surface area (Å²) in [5, 5.41) is 0. The number of rotatable bonds is 2. The fourth-order valence-electron chi connectivity index (χ4n) is 0.953. The lowest BCUT2D eigenvalue weighted by Crippen LogP contribution is -2.18. The molecule has 10 heteroatoms. The first-order chi connectivity index (χ1) is 7.50. The van der Waals surface area contributed by atoms with Gasteiger partial charge >= 0.3 is 6.36 Å². The minimum absolute atomic E-state index is 0.269. The number of nitrogen functional groups attached to an aromatic ring is 1. The highest BCUT2D eigenvalue weighted by Gasteiger charge is 2.33. The van der Waals surface area contributed by atoms with Crippen molar-refractivity contribution in [2.75, 3.05) is 5.73 Å². The van der Waals surface area contributed by atoms with Crippen LogP contribution in [0, 0.1) is 0 Å². The van der Waals surface area contributed by atoms with Crippen LogP contribution in [-0.2, 0) is 9.05 Å². The molecule has 1 aromatic carbocycles. The standard InChI is InChI=1S/C7H4BrClF3NO3S/c8-4-1-3(17(9,14)15)2-5(13)6(4)16-7(10,11)12/h1-2H,13H2. The van der Waals surface area contributed by atoms with Gasteiger partial charge in [-0.3, -0.25) is 0 Å². The molecule has 0 heterocycles. The van der Waals surface area contributed by atoms with Gasteiger partial charge in [0.25, 0.3) is 9.05 Å². The predicted molar refractivity (Wildman–Crippen MR) is 58.3 cm³/mol. The van der Waals surface area contributed by atoms with Crippen molar-refractivity contribution in [1.29, 1.82) is 0 Å². The molecule has 1 aromatic rings. The maximum atomic E-state index is 12.0. The summed E-state index contributed by atoms with van der Waals surface area (Å²) in [4.78, 5) is -0.432. The van der Waals surface area contributed by atoms with Crippen LogP contribution in [0.2, 0.25) is 0 Å². The molecule has 0 aliphatic carbocycles. The molecule has 0 saturated heterocycles. The molecule has 17 heavy (non-hydrogen) atoms. The fourth-order valence-corrected chi connectivity index (χ4v) is 2.45. The second-order valence-corrected chi connectivity index (χ2v) is 6.23. The van der Waals surface area contributed by atoms with Gasteiger partial charge in [-0.25, -0.2) is 8.42 Å². The van der Waals surface area contributed by atoms with E-state index in [1.165, 1.54) is 0 Å². The highest BCUT2D eigenvalue weighted by Crippen LogP contribution is 2.38. The second-order valence-electron chi connectivity index (χ2n) is 2.81. The molecule has 1 rings (SSSR count). The topological polar surface area (TPSA) is 69.4 Å². The smallest absolute Gasteiger partial charge is 0.402 e. The molecule has 0 fully saturated rings. The number of ether oxygens (including phenoxy) is 1. The molecule has 0 unspecified atom stereocenters. The summed E-state index contributed by atoms with van der Waals surface area (Å²) in [6.45, 7) is 0. The molecule has 4 nitrogen and oxygen atoms in total. The summed E-state index contributed by atoms with van der Waals surface area (Å²) in [5.74, 6) is -0.721. The summed E-state index contributed by atoms with van der Waals surface area (Å²) in [6, 6.07) is 1.63. The monoisotopic (exact) mass is 353 g/mol. The van der Waals surface area contributed by atoms with Crippen LogP contribution in [0.3, 0.4) is 0 Å². The Labute approximate surface area is 107 Å². The Hall–Kier alpha value is -0.670. The van der Waals surface area contributed by atoms with Crippen molar-refractivity contribution in [3.63, 3.8) is 0 Å². The van der Waals surface area contributed by atoms with Crippen molar-refractivity contribution in [3.8, 4) is 5.75 Å². The van der Waals surface area contributed by atoms with E-state index >= 15 is 0 Å². The molecular formula is C7H4BrClF3NO3S. The van der Waals surface area contributed by atoms with Crippen molar-refractivity contribution in [2.45, 2.75) is 11.3 Å². The van der Waals surface area contributed by atoms with E-state index in [0.717, 1.165) is 12.1 Å². The zero-order chi connectivity index (χ0) is 13.4. The number of alkyl halides is 3. The molecular weight excluding hydrogens is 350 g/mol. The van der Waals surface area contributed by atoms with Gasteiger partial charge in [-0.1, -0.05) is 0 Å². The second kappa shape index (κ2) is 4.54. The summed E-state index contributed by atoms with van der Waals surface area (Å²) < 4.78 is 61.3. The first kappa shape index (κ1) is 14.4. The third-order valence-corrected chi connectivity index (χ3v) is 3.47. The summed E-state index contributed by atoms with van der Waals surface area (Å²) in [5.41, 5.74) is 4.74. The number of hydrogen-bond acceptors (Lipinski definition) is 4. The predicted octanol–water partition coefficient (Wildman–Crippen LogP) is 2.86. The van der Waals surface area contributed by atoms with Gasteiger partial charge in [0.15, 0.2) is 5.75 Å². The molecule has 0 aliphatic heterocycles. The van der Waals surface area contributed by atoms with Gasteiger partial charge in [0.1, 0.15) is 0 Å². The molecule has 0 amide bonds. The molecule has 0 aliphatic rings. The largest absolute Gasteiger partial charge is 0.573 e. The maximum absolute atomic E-state index is 12.0. The SMILES string of the molecule is Nc1cc(S(=O)(=O)Cl)cc(Br)c1OC(F)(F)F. The molecule has 0 radical (unpaired) electrons. The average Bonchev–Trinajstić information content (AvgIpc) is 2.07. The van der Waals surface area contributed by atoms with Crippen LogP contribution in [0.5, 0.6) is 5.75 Å². The number of halogens is 5. The Bertz CT molecular complexity index is 523. The van der Waals surface area contributed by atoms with Gasteiger partial charge in [0.05, 0.1) is 15.1 Å². The lowest BCUT2D eigenvalue weighted by Gasteiger charge is -2.13. The maximum Gasteiger partial charge on any atom is 0.573 e. The molecule has 2 N–H and O–H groups in total. The van der Waals surface area contributed by atoms with Crippen molar-refractivity contribution in [3.05, 3.63) is 16.6 Å². The van der Waals surface area contributed by atoms with E-state index in [1.54, 1.807) is 0 Å².